The van der Waals surface area contributed by atoms with Crippen LogP contribution < -0.4 is 0 Å². The van der Waals surface area contributed by atoms with Crippen LogP contribution in [0.25, 0.3) is 5.57 Å². The number of benzene rings is 1. The standard InChI is InChI=1S/C20H27NO4/c1-5-21(6-2)20(24)19(15(3)22)14-18(12-13-25-16(4)23)17-10-8-7-9-11-17/h7-12,19H,5-6,13-14H2,1-4H3/b18-12+. The van der Waals surface area contributed by atoms with Gasteiger partial charge in [0, 0.05) is 20.0 Å². The number of hydrogen-bond acceptors (Lipinski definition) is 4. The lowest BCUT2D eigenvalue weighted by molar-refractivity contribution is -0.141. The number of hydrogen-bond donors (Lipinski definition) is 0. The lowest BCUT2D eigenvalue weighted by atomic mass is 9.90. The number of nitrogens with zero attached hydrogens (tertiary/aromatic N) is 1. The van der Waals surface area contributed by atoms with Crippen LogP contribution in [-0.2, 0) is 19.1 Å². The first kappa shape index (κ1) is 20.6. The van der Waals surface area contributed by atoms with Crippen molar-refractivity contribution in [1.29, 1.82) is 0 Å². The molecule has 0 aliphatic carbocycles. The molecule has 1 unspecified atom stereocenters. The Hall–Kier alpha value is -2.43. The molecule has 0 aliphatic rings. The second-order valence-electron chi connectivity index (χ2n) is 5.78. The molecule has 0 bridgehead atoms. The number of carbonyl (C=O) groups is 3. The molecule has 0 aliphatic heterocycles. The zero-order chi connectivity index (χ0) is 18.8. The molecule has 0 saturated heterocycles. The molecule has 0 spiro atoms. The first-order chi connectivity index (χ1) is 11.9. The molecule has 25 heavy (non-hydrogen) atoms. The summed E-state index contributed by atoms with van der Waals surface area (Å²) in [5.74, 6) is -1.42. The minimum atomic E-state index is -0.733. The maximum absolute atomic E-state index is 12.7. The van der Waals surface area contributed by atoms with Crippen LogP contribution in [0.1, 0.15) is 39.7 Å². The van der Waals surface area contributed by atoms with Crippen molar-refractivity contribution in [2.75, 3.05) is 19.7 Å². The monoisotopic (exact) mass is 345 g/mol. The number of allylic oxidation sites excluding steroid dienone is 1. The topological polar surface area (TPSA) is 63.7 Å². The molecule has 0 aromatic heterocycles. The van der Waals surface area contributed by atoms with E-state index in [-0.39, 0.29) is 30.7 Å². The summed E-state index contributed by atoms with van der Waals surface area (Å²) in [5.41, 5.74) is 1.73. The Morgan fingerprint density at radius 3 is 2.16 bits per heavy atom. The summed E-state index contributed by atoms with van der Waals surface area (Å²) in [7, 11) is 0. The zero-order valence-electron chi connectivity index (χ0n) is 15.5. The molecule has 1 rings (SSSR count). The van der Waals surface area contributed by atoms with Crippen molar-refractivity contribution in [3.63, 3.8) is 0 Å². The first-order valence-electron chi connectivity index (χ1n) is 8.57. The van der Waals surface area contributed by atoms with Gasteiger partial charge in [0.1, 0.15) is 18.3 Å². The smallest absolute Gasteiger partial charge is 0.302 e. The minimum Gasteiger partial charge on any atom is -0.462 e. The third-order valence-electron chi connectivity index (χ3n) is 4.05. The predicted octanol–water partition coefficient (Wildman–Crippen LogP) is 3.10. The molecular formula is C20H27NO4. The second-order valence-corrected chi connectivity index (χ2v) is 5.78. The molecule has 1 aromatic rings. The Kier molecular flexibility index (Phi) is 8.61. The van der Waals surface area contributed by atoms with Gasteiger partial charge in [0.2, 0.25) is 5.91 Å². The third kappa shape index (κ3) is 6.53. The summed E-state index contributed by atoms with van der Waals surface area (Å²) in [6.07, 6.45) is 2.05. The van der Waals surface area contributed by atoms with Gasteiger partial charge in [-0.3, -0.25) is 14.4 Å². The van der Waals surface area contributed by atoms with E-state index in [1.54, 1.807) is 11.0 Å². The van der Waals surface area contributed by atoms with Crippen molar-refractivity contribution in [2.45, 2.75) is 34.1 Å². The number of ketones is 1. The number of rotatable bonds is 9. The van der Waals surface area contributed by atoms with E-state index in [9.17, 15) is 14.4 Å². The Balaban J connectivity index is 3.09. The van der Waals surface area contributed by atoms with E-state index in [1.807, 2.05) is 44.2 Å². The molecule has 5 nitrogen and oxygen atoms in total. The van der Waals surface area contributed by atoms with Crippen LogP contribution >= 0.6 is 0 Å². The summed E-state index contributed by atoms with van der Waals surface area (Å²) >= 11 is 0. The number of esters is 1. The molecule has 1 atom stereocenters. The Labute approximate surface area is 149 Å². The van der Waals surface area contributed by atoms with Gasteiger partial charge in [-0.25, -0.2) is 0 Å². The Morgan fingerprint density at radius 1 is 1.08 bits per heavy atom. The molecular weight excluding hydrogens is 318 g/mol. The molecule has 0 heterocycles. The second kappa shape index (κ2) is 10.4. The number of ether oxygens (including phenoxy) is 1. The summed E-state index contributed by atoms with van der Waals surface area (Å²) in [4.78, 5) is 37.5. The lowest BCUT2D eigenvalue weighted by Crippen LogP contribution is -2.38. The van der Waals surface area contributed by atoms with E-state index >= 15 is 0 Å². The van der Waals surface area contributed by atoms with E-state index in [2.05, 4.69) is 0 Å². The zero-order valence-corrected chi connectivity index (χ0v) is 15.5. The number of Topliss-reactive ketones (excluding diaryl/α,β-unsaturated/α-hetero) is 1. The Bertz CT molecular complexity index is 618. The number of carbonyl (C=O) groups excluding carboxylic acids is 3. The molecule has 0 fully saturated rings. The van der Waals surface area contributed by atoms with Crippen LogP contribution in [0.4, 0.5) is 0 Å². The highest BCUT2D eigenvalue weighted by Crippen LogP contribution is 2.25. The molecule has 136 valence electrons. The maximum atomic E-state index is 12.7. The summed E-state index contributed by atoms with van der Waals surface area (Å²) in [6, 6.07) is 9.52. The van der Waals surface area contributed by atoms with Crippen molar-refractivity contribution in [3.8, 4) is 0 Å². The average molecular weight is 345 g/mol. The summed E-state index contributed by atoms with van der Waals surface area (Å²) < 4.78 is 4.99. The first-order valence-corrected chi connectivity index (χ1v) is 8.57. The maximum Gasteiger partial charge on any atom is 0.302 e. The van der Waals surface area contributed by atoms with Gasteiger partial charge in [0.05, 0.1) is 0 Å². The fraction of sp³-hybridized carbons (Fsp3) is 0.450. The quantitative estimate of drug-likeness (QED) is 0.510. The Morgan fingerprint density at radius 2 is 1.68 bits per heavy atom. The van der Waals surface area contributed by atoms with Gasteiger partial charge in [-0.05, 0) is 44.4 Å². The molecule has 0 radical (unpaired) electrons. The van der Waals surface area contributed by atoms with Gasteiger partial charge in [0.25, 0.3) is 0 Å². The van der Waals surface area contributed by atoms with Crippen LogP contribution in [0.15, 0.2) is 36.4 Å². The van der Waals surface area contributed by atoms with Crippen LogP contribution in [0.5, 0.6) is 0 Å². The highest BCUT2D eigenvalue weighted by Gasteiger charge is 2.28. The van der Waals surface area contributed by atoms with Crippen molar-refractivity contribution >= 4 is 23.2 Å². The van der Waals surface area contributed by atoms with Crippen molar-refractivity contribution in [3.05, 3.63) is 42.0 Å². The SMILES string of the molecule is CCN(CC)C(=O)C(C/C(=C\COC(C)=O)c1ccccc1)C(C)=O. The fourth-order valence-electron chi connectivity index (χ4n) is 2.61. The van der Waals surface area contributed by atoms with Crippen molar-refractivity contribution in [1.82, 2.24) is 4.90 Å². The molecule has 1 amide bonds. The summed E-state index contributed by atoms with van der Waals surface area (Å²) in [6.45, 7) is 7.83. The predicted molar refractivity (Wildman–Crippen MR) is 97.8 cm³/mol. The highest BCUT2D eigenvalue weighted by molar-refractivity contribution is 6.01. The molecule has 0 N–H and O–H groups in total. The lowest BCUT2D eigenvalue weighted by Gasteiger charge is -2.24. The number of amides is 1. The van der Waals surface area contributed by atoms with Crippen LogP contribution in [0.3, 0.4) is 0 Å². The van der Waals surface area contributed by atoms with Crippen LogP contribution in [0.2, 0.25) is 0 Å². The largest absolute Gasteiger partial charge is 0.462 e. The van der Waals surface area contributed by atoms with E-state index in [4.69, 9.17) is 4.74 Å². The average Bonchev–Trinajstić information content (AvgIpc) is 2.59. The third-order valence-corrected chi connectivity index (χ3v) is 4.05. The van der Waals surface area contributed by atoms with E-state index in [0.29, 0.717) is 13.1 Å². The van der Waals surface area contributed by atoms with Gasteiger partial charge < -0.3 is 9.64 Å². The summed E-state index contributed by atoms with van der Waals surface area (Å²) in [5, 5.41) is 0. The van der Waals surface area contributed by atoms with E-state index in [0.717, 1.165) is 11.1 Å². The molecule has 0 saturated carbocycles. The van der Waals surface area contributed by atoms with Gasteiger partial charge in [-0.1, -0.05) is 30.3 Å². The van der Waals surface area contributed by atoms with Crippen molar-refractivity contribution in [2.24, 2.45) is 5.92 Å². The van der Waals surface area contributed by atoms with Crippen LogP contribution in [-0.4, -0.2) is 42.3 Å². The fourth-order valence-corrected chi connectivity index (χ4v) is 2.61. The molecule has 1 aromatic carbocycles. The van der Waals surface area contributed by atoms with Gasteiger partial charge in [-0.2, -0.15) is 0 Å². The van der Waals surface area contributed by atoms with E-state index < -0.39 is 5.92 Å². The van der Waals surface area contributed by atoms with Gasteiger partial charge >= 0.3 is 5.97 Å². The normalized spacial score (nSPS) is 12.4. The van der Waals surface area contributed by atoms with Crippen molar-refractivity contribution < 1.29 is 19.1 Å². The minimum absolute atomic E-state index is 0.115. The van der Waals surface area contributed by atoms with E-state index in [1.165, 1.54) is 13.8 Å². The van der Waals surface area contributed by atoms with Gasteiger partial charge in [0.15, 0.2) is 0 Å². The van der Waals surface area contributed by atoms with Crippen LogP contribution in [0, 0.1) is 5.92 Å². The molecule has 5 heteroatoms. The highest BCUT2D eigenvalue weighted by atomic mass is 16.5. The van der Waals surface area contributed by atoms with Gasteiger partial charge in [-0.15, -0.1) is 0 Å².